The predicted octanol–water partition coefficient (Wildman–Crippen LogP) is 3.70. The smallest absolute Gasteiger partial charge is 0.225 e. The second-order valence-corrected chi connectivity index (χ2v) is 8.07. The second-order valence-electron chi connectivity index (χ2n) is 8.07. The van der Waals surface area contributed by atoms with Crippen molar-refractivity contribution in [1.82, 2.24) is 9.80 Å². The lowest BCUT2D eigenvalue weighted by Gasteiger charge is -2.35. The van der Waals surface area contributed by atoms with Crippen LogP contribution in [0.2, 0.25) is 0 Å². The van der Waals surface area contributed by atoms with Gasteiger partial charge in [0.15, 0.2) is 0 Å². The Hall–Kier alpha value is -1.46. The zero-order chi connectivity index (χ0) is 19.1. The van der Waals surface area contributed by atoms with Gasteiger partial charge in [0.1, 0.15) is 5.82 Å². The van der Waals surface area contributed by atoms with Crippen LogP contribution in [-0.2, 0) is 16.1 Å². The van der Waals surface area contributed by atoms with E-state index in [1.165, 1.54) is 18.9 Å². The van der Waals surface area contributed by atoms with E-state index in [1.54, 1.807) is 13.2 Å². The first-order valence-electron chi connectivity index (χ1n) is 10.4. The predicted molar refractivity (Wildman–Crippen MR) is 105 cm³/mol. The third-order valence-electron chi connectivity index (χ3n) is 6.12. The van der Waals surface area contributed by atoms with Gasteiger partial charge in [0.25, 0.3) is 0 Å². The lowest BCUT2D eigenvalue weighted by atomic mass is 9.95. The molecule has 1 aromatic carbocycles. The number of carbonyl (C=O) groups excluding carboxylic acids is 1. The average molecular weight is 377 g/mol. The molecule has 0 bridgehead atoms. The van der Waals surface area contributed by atoms with Crippen molar-refractivity contribution >= 4 is 5.91 Å². The number of nitrogens with zero attached hydrogens (tertiary/aromatic N) is 2. The summed E-state index contributed by atoms with van der Waals surface area (Å²) in [6.45, 7) is 4.75. The number of hydrogen-bond acceptors (Lipinski definition) is 3. The molecule has 3 rings (SSSR count). The van der Waals surface area contributed by atoms with Gasteiger partial charge in [-0.1, -0.05) is 31.0 Å². The Bertz CT molecular complexity index is 596. The van der Waals surface area contributed by atoms with Crippen molar-refractivity contribution in [3.8, 4) is 0 Å². The fourth-order valence-corrected chi connectivity index (χ4v) is 4.43. The molecule has 27 heavy (non-hydrogen) atoms. The van der Waals surface area contributed by atoms with Crippen molar-refractivity contribution in [2.24, 2.45) is 11.8 Å². The van der Waals surface area contributed by atoms with E-state index in [0.29, 0.717) is 31.5 Å². The molecule has 0 N–H and O–H groups in total. The maximum atomic E-state index is 13.9. The molecular formula is C22H33FN2O2. The molecule has 150 valence electrons. The van der Waals surface area contributed by atoms with Gasteiger partial charge in [-0.05, 0) is 50.8 Å². The maximum absolute atomic E-state index is 13.9. The third-order valence-corrected chi connectivity index (χ3v) is 6.12. The highest BCUT2D eigenvalue weighted by molar-refractivity contribution is 5.79. The largest absolute Gasteiger partial charge is 0.383 e. The number of rotatable bonds is 8. The van der Waals surface area contributed by atoms with Crippen LogP contribution in [0.4, 0.5) is 4.39 Å². The van der Waals surface area contributed by atoms with Crippen molar-refractivity contribution in [2.45, 2.75) is 45.1 Å². The summed E-state index contributed by atoms with van der Waals surface area (Å²) in [4.78, 5) is 17.3. The Labute approximate surface area is 162 Å². The molecule has 1 aliphatic heterocycles. The first kappa shape index (κ1) is 20.3. The van der Waals surface area contributed by atoms with Crippen LogP contribution in [0.3, 0.4) is 0 Å². The van der Waals surface area contributed by atoms with E-state index in [-0.39, 0.29) is 11.7 Å². The highest BCUT2D eigenvalue weighted by atomic mass is 19.1. The van der Waals surface area contributed by atoms with Gasteiger partial charge in [-0.3, -0.25) is 9.69 Å². The normalized spacial score (nSPS) is 19.5. The van der Waals surface area contributed by atoms with Crippen molar-refractivity contribution in [3.05, 3.63) is 35.6 Å². The molecule has 4 nitrogen and oxygen atoms in total. The fourth-order valence-electron chi connectivity index (χ4n) is 4.43. The number of likely N-dealkylation sites (tertiary alicyclic amines) is 1. The summed E-state index contributed by atoms with van der Waals surface area (Å²) in [5.74, 6) is 0.970. The van der Waals surface area contributed by atoms with E-state index >= 15 is 0 Å². The molecule has 1 heterocycles. The highest BCUT2D eigenvalue weighted by Gasteiger charge is 2.29. The van der Waals surface area contributed by atoms with Crippen LogP contribution in [0, 0.1) is 17.7 Å². The van der Waals surface area contributed by atoms with Crippen LogP contribution < -0.4 is 0 Å². The van der Waals surface area contributed by atoms with Crippen molar-refractivity contribution in [1.29, 1.82) is 0 Å². The van der Waals surface area contributed by atoms with E-state index in [2.05, 4.69) is 9.80 Å². The molecule has 1 aromatic rings. The fraction of sp³-hybridized carbons (Fsp3) is 0.682. The molecule has 1 amide bonds. The summed E-state index contributed by atoms with van der Waals surface area (Å²) in [5.41, 5.74) is 0.772. The lowest BCUT2D eigenvalue weighted by molar-refractivity contribution is -0.137. The molecule has 2 aliphatic rings. The first-order chi connectivity index (χ1) is 13.2. The van der Waals surface area contributed by atoms with E-state index in [9.17, 15) is 9.18 Å². The molecule has 0 aromatic heterocycles. The van der Waals surface area contributed by atoms with Crippen LogP contribution in [0.25, 0.3) is 0 Å². The summed E-state index contributed by atoms with van der Waals surface area (Å²) in [5, 5.41) is 0. The van der Waals surface area contributed by atoms with Crippen LogP contribution in [-0.4, -0.2) is 55.6 Å². The summed E-state index contributed by atoms with van der Waals surface area (Å²) >= 11 is 0. The number of hydrogen-bond donors (Lipinski definition) is 0. The number of methoxy groups -OCH3 is 1. The summed E-state index contributed by atoms with van der Waals surface area (Å²) < 4.78 is 19.1. The minimum absolute atomic E-state index is 0.118. The maximum Gasteiger partial charge on any atom is 0.225 e. The van der Waals surface area contributed by atoms with Gasteiger partial charge in [0.2, 0.25) is 5.91 Å². The molecule has 0 radical (unpaired) electrons. The average Bonchev–Trinajstić information content (AvgIpc) is 3.22. The Morgan fingerprint density at radius 2 is 1.89 bits per heavy atom. The Balaban J connectivity index is 1.49. The van der Waals surface area contributed by atoms with Gasteiger partial charge in [-0.25, -0.2) is 4.39 Å². The molecule has 0 atom stereocenters. The lowest BCUT2D eigenvalue weighted by Crippen LogP contribution is -2.43. The molecule has 5 heteroatoms. The van der Waals surface area contributed by atoms with Crippen LogP contribution in [0.1, 0.15) is 44.1 Å². The molecule has 0 unspecified atom stereocenters. The van der Waals surface area contributed by atoms with Crippen molar-refractivity contribution < 1.29 is 13.9 Å². The van der Waals surface area contributed by atoms with Gasteiger partial charge >= 0.3 is 0 Å². The van der Waals surface area contributed by atoms with Gasteiger partial charge in [0, 0.05) is 38.2 Å². The first-order valence-corrected chi connectivity index (χ1v) is 10.4. The molecule has 0 spiro atoms. The van der Waals surface area contributed by atoms with Crippen LogP contribution >= 0.6 is 0 Å². The van der Waals surface area contributed by atoms with Gasteiger partial charge in [-0.15, -0.1) is 0 Å². The molecule has 2 fully saturated rings. The number of halogens is 1. The Morgan fingerprint density at radius 3 is 2.56 bits per heavy atom. The Kier molecular flexibility index (Phi) is 7.65. The number of ether oxygens (including phenoxy) is 1. The number of carbonyl (C=O) groups is 1. The quantitative estimate of drug-likeness (QED) is 0.693. The number of amides is 1. The number of piperidine rings is 1. The van der Waals surface area contributed by atoms with E-state index < -0.39 is 0 Å². The molecule has 1 saturated heterocycles. The van der Waals surface area contributed by atoms with E-state index in [4.69, 9.17) is 4.74 Å². The minimum atomic E-state index is -0.118. The molecule has 1 saturated carbocycles. The topological polar surface area (TPSA) is 32.8 Å². The van der Waals surface area contributed by atoms with Crippen molar-refractivity contribution in [3.63, 3.8) is 0 Å². The molecule has 1 aliphatic carbocycles. The van der Waals surface area contributed by atoms with E-state index in [1.807, 2.05) is 12.1 Å². The SMILES string of the molecule is COCCN(CC1CCN(Cc2ccccc2F)CC1)C(=O)C1CCCC1. The number of benzene rings is 1. The van der Waals surface area contributed by atoms with Gasteiger partial charge < -0.3 is 9.64 Å². The molecular weight excluding hydrogens is 343 g/mol. The second kappa shape index (κ2) is 10.2. The summed E-state index contributed by atoms with van der Waals surface area (Å²) in [7, 11) is 1.69. The van der Waals surface area contributed by atoms with Crippen LogP contribution in [0.15, 0.2) is 24.3 Å². The Morgan fingerprint density at radius 1 is 1.19 bits per heavy atom. The highest BCUT2D eigenvalue weighted by Crippen LogP contribution is 2.28. The third kappa shape index (κ3) is 5.76. The van der Waals surface area contributed by atoms with Gasteiger partial charge in [-0.2, -0.15) is 0 Å². The summed E-state index contributed by atoms with van der Waals surface area (Å²) in [6, 6.07) is 7.03. The standard InChI is InChI=1S/C22H33FN2O2/c1-27-15-14-25(22(26)19-6-2-3-7-19)16-18-10-12-24(13-11-18)17-20-8-4-5-9-21(20)23/h4-5,8-9,18-19H,2-3,6-7,10-17H2,1H3. The zero-order valence-electron chi connectivity index (χ0n) is 16.5. The summed E-state index contributed by atoms with van der Waals surface area (Å²) in [6.07, 6.45) is 6.59. The zero-order valence-corrected chi connectivity index (χ0v) is 16.5. The van der Waals surface area contributed by atoms with Crippen molar-refractivity contribution in [2.75, 3.05) is 39.9 Å². The monoisotopic (exact) mass is 376 g/mol. The van der Waals surface area contributed by atoms with Crippen LogP contribution in [0.5, 0.6) is 0 Å². The van der Waals surface area contributed by atoms with E-state index in [0.717, 1.165) is 50.9 Å². The minimum Gasteiger partial charge on any atom is -0.383 e. The van der Waals surface area contributed by atoms with Gasteiger partial charge in [0.05, 0.1) is 6.61 Å².